The van der Waals surface area contributed by atoms with Gasteiger partial charge in [0, 0.05) is 101 Å². The Hall–Kier alpha value is -4.08. The molecular formula is C42H54N6O2. The molecule has 4 aromatic rings. The SMILES string of the molecule is OCCCN1CCc2ccc3c(c2)CNc2cc(ccc2CN3)CCN(CCCO)CCc2ccc3c(c2)NCc2cc(ccc2NC3)CC1. The van der Waals surface area contributed by atoms with Gasteiger partial charge in [0.15, 0.2) is 0 Å². The molecule has 0 unspecified atom stereocenters. The largest absolute Gasteiger partial charge is 0.396 e. The zero-order valence-electron chi connectivity index (χ0n) is 29.4. The van der Waals surface area contributed by atoms with Crippen molar-refractivity contribution in [1.82, 2.24) is 9.80 Å². The number of rotatable bonds is 6. The molecule has 0 aliphatic carbocycles. The number of nitrogens with one attached hydrogen (secondary N) is 4. The van der Waals surface area contributed by atoms with Crippen LogP contribution in [0, 0.1) is 0 Å². The Morgan fingerprint density at radius 1 is 0.420 bits per heavy atom. The van der Waals surface area contributed by atoms with Crippen molar-refractivity contribution in [3.8, 4) is 0 Å². The van der Waals surface area contributed by atoms with Crippen LogP contribution in [-0.4, -0.2) is 72.5 Å². The molecule has 3 aliphatic rings. The van der Waals surface area contributed by atoms with Crippen LogP contribution in [0.25, 0.3) is 0 Å². The van der Waals surface area contributed by atoms with Gasteiger partial charge in [-0.2, -0.15) is 0 Å². The second kappa shape index (κ2) is 16.8. The summed E-state index contributed by atoms with van der Waals surface area (Å²) in [6, 6.07) is 27.6. The predicted octanol–water partition coefficient (Wildman–Crippen LogP) is 6.01. The average Bonchev–Trinajstić information content (AvgIpc) is 3.13. The van der Waals surface area contributed by atoms with Crippen LogP contribution in [0.4, 0.5) is 22.7 Å². The van der Waals surface area contributed by atoms with Gasteiger partial charge in [-0.1, -0.05) is 48.5 Å². The molecule has 4 aromatic carbocycles. The lowest BCUT2D eigenvalue weighted by Crippen LogP contribution is -2.30. The maximum Gasteiger partial charge on any atom is 0.0443 e. The van der Waals surface area contributed by atoms with E-state index in [0.717, 1.165) is 104 Å². The second-order valence-electron chi connectivity index (χ2n) is 14.2. The van der Waals surface area contributed by atoms with Crippen molar-refractivity contribution in [3.05, 3.63) is 117 Å². The average molecular weight is 675 g/mol. The third-order valence-electron chi connectivity index (χ3n) is 10.7. The van der Waals surface area contributed by atoms with E-state index in [-0.39, 0.29) is 13.2 Å². The Morgan fingerprint density at radius 2 is 0.780 bits per heavy atom. The summed E-state index contributed by atoms with van der Waals surface area (Å²) in [4.78, 5) is 5.03. The van der Waals surface area contributed by atoms with Gasteiger partial charge >= 0.3 is 0 Å². The molecule has 0 atom stereocenters. The van der Waals surface area contributed by atoms with Gasteiger partial charge in [0.05, 0.1) is 0 Å². The summed E-state index contributed by atoms with van der Waals surface area (Å²) in [5.74, 6) is 0. The molecule has 6 N–H and O–H groups in total. The van der Waals surface area contributed by atoms with E-state index in [2.05, 4.69) is 104 Å². The number of benzene rings is 4. The minimum absolute atomic E-state index is 0.219. The Labute approximate surface area is 297 Å². The predicted molar refractivity (Wildman–Crippen MR) is 206 cm³/mol. The van der Waals surface area contributed by atoms with Crippen molar-refractivity contribution in [2.24, 2.45) is 0 Å². The van der Waals surface area contributed by atoms with Gasteiger partial charge in [-0.3, -0.25) is 0 Å². The fourth-order valence-corrected chi connectivity index (χ4v) is 7.61. The number of aliphatic hydroxyl groups excluding tert-OH is 2. The van der Waals surface area contributed by atoms with Crippen molar-refractivity contribution in [1.29, 1.82) is 0 Å². The maximum absolute atomic E-state index is 9.65. The van der Waals surface area contributed by atoms with E-state index >= 15 is 0 Å². The van der Waals surface area contributed by atoms with Gasteiger partial charge in [0.1, 0.15) is 0 Å². The fraction of sp³-hybridized carbons (Fsp3) is 0.429. The molecule has 0 spiro atoms. The lowest BCUT2D eigenvalue weighted by molar-refractivity contribution is 0.226. The quantitative estimate of drug-likeness (QED) is 0.148. The molecule has 0 amide bonds. The number of fused-ring (bicyclic) bond motifs is 6. The first kappa shape index (κ1) is 34.4. The van der Waals surface area contributed by atoms with Crippen LogP contribution in [0.2, 0.25) is 0 Å². The van der Waals surface area contributed by atoms with E-state index < -0.39 is 0 Å². The summed E-state index contributed by atoms with van der Waals surface area (Å²) in [5, 5.41) is 34.3. The molecule has 0 saturated heterocycles. The Bertz CT molecular complexity index is 1500. The van der Waals surface area contributed by atoms with Gasteiger partial charge in [-0.05, 0) is 107 Å². The van der Waals surface area contributed by atoms with Gasteiger partial charge in [0.2, 0.25) is 0 Å². The van der Waals surface area contributed by atoms with Crippen LogP contribution in [-0.2, 0) is 51.9 Å². The van der Waals surface area contributed by atoms with E-state index in [0.29, 0.717) is 0 Å². The smallest absolute Gasteiger partial charge is 0.0443 e. The number of hydrogen-bond acceptors (Lipinski definition) is 8. The zero-order chi connectivity index (χ0) is 34.1. The van der Waals surface area contributed by atoms with Crippen molar-refractivity contribution < 1.29 is 10.2 Å². The van der Waals surface area contributed by atoms with Crippen LogP contribution in [0.3, 0.4) is 0 Å². The first-order valence-electron chi connectivity index (χ1n) is 18.7. The fourth-order valence-electron chi connectivity index (χ4n) is 7.61. The molecule has 8 heteroatoms. The minimum Gasteiger partial charge on any atom is -0.396 e. The van der Waals surface area contributed by atoms with Crippen molar-refractivity contribution >= 4 is 22.7 Å². The molecule has 3 heterocycles. The Kier molecular flexibility index (Phi) is 11.5. The summed E-state index contributed by atoms with van der Waals surface area (Å²) in [7, 11) is 0. The molecule has 0 fully saturated rings. The van der Waals surface area contributed by atoms with Crippen LogP contribution in [0.1, 0.15) is 57.3 Å². The van der Waals surface area contributed by atoms with Crippen molar-refractivity contribution in [2.45, 2.75) is 64.7 Å². The maximum atomic E-state index is 9.65. The summed E-state index contributed by atoms with van der Waals surface area (Å²) >= 11 is 0. The Balaban J connectivity index is 1.15. The third-order valence-corrected chi connectivity index (χ3v) is 10.7. The molecule has 0 radical (unpaired) electrons. The lowest BCUT2D eigenvalue weighted by atomic mass is 10.0. The first-order valence-corrected chi connectivity index (χ1v) is 18.7. The van der Waals surface area contributed by atoms with Crippen molar-refractivity contribution in [2.75, 3.05) is 73.7 Å². The lowest BCUT2D eigenvalue weighted by Gasteiger charge is -2.25. The van der Waals surface area contributed by atoms with Crippen LogP contribution in [0.15, 0.2) is 72.8 Å². The highest BCUT2D eigenvalue weighted by Crippen LogP contribution is 2.29. The van der Waals surface area contributed by atoms with Gasteiger partial charge in [0.25, 0.3) is 0 Å². The number of aliphatic hydroxyl groups is 2. The standard InChI is InChI=1S/C42H54N6O2/c49-21-1-15-47-17-11-31-5-9-39-37(23-31)29-45-41-25-33(3-7-35(41)27-43-39)13-19-48(16-2-22-50)20-14-34-4-8-36-28-44-40-10-6-32(12-18-47)24-38(40)30-46-42(36)26-34/h3-10,23-26,43-46,49-50H,1-2,11-22,27-30H2. The molecule has 7 rings (SSSR count). The highest BCUT2D eigenvalue weighted by Gasteiger charge is 2.16. The zero-order valence-corrected chi connectivity index (χ0v) is 29.4. The van der Waals surface area contributed by atoms with E-state index in [1.165, 1.54) is 67.3 Å². The molecule has 0 aromatic heterocycles. The number of anilines is 4. The Morgan fingerprint density at radius 3 is 1.20 bits per heavy atom. The molecule has 50 heavy (non-hydrogen) atoms. The van der Waals surface area contributed by atoms with E-state index in [9.17, 15) is 10.2 Å². The summed E-state index contributed by atoms with van der Waals surface area (Å²) in [6.45, 7) is 9.25. The van der Waals surface area contributed by atoms with E-state index in [4.69, 9.17) is 0 Å². The van der Waals surface area contributed by atoms with E-state index in [1.54, 1.807) is 0 Å². The van der Waals surface area contributed by atoms with Crippen LogP contribution < -0.4 is 21.3 Å². The minimum atomic E-state index is 0.219. The molecule has 8 nitrogen and oxygen atoms in total. The van der Waals surface area contributed by atoms with Crippen LogP contribution in [0.5, 0.6) is 0 Å². The number of nitrogens with zero attached hydrogens (tertiary/aromatic N) is 2. The normalized spacial score (nSPS) is 17.0. The molecular weight excluding hydrogens is 621 g/mol. The van der Waals surface area contributed by atoms with Crippen molar-refractivity contribution in [3.63, 3.8) is 0 Å². The summed E-state index contributed by atoms with van der Waals surface area (Å²) in [5.41, 5.74) is 15.4. The highest BCUT2D eigenvalue weighted by atomic mass is 16.3. The summed E-state index contributed by atoms with van der Waals surface area (Å²) in [6.07, 6.45) is 5.48. The second-order valence-corrected chi connectivity index (χ2v) is 14.2. The highest BCUT2D eigenvalue weighted by molar-refractivity contribution is 5.63. The number of hydrogen-bond donors (Lipinski definition) is 6. The topological polar surface area (TPSA) is 95.1 Å². The molecule has 264 valence electrons. The van der Waals surface area contributed by atoms with Gasteiger partial charge < -0.3 is 41.3 Å². The summed E-state index contributed by atoms with van der Waals surface area (Å²) < 4.78 is 0. The van der Waals surface area contributed by atoms with E-state index in [1.807, 2.05) is 0 Å². The monoisotopic (exact) mass is 674 g/mol. The van der Waals surface area contributed by atoms with Gasteiger partial charge in [-0.15, -0.1) is 0 Å². The molecule has 3 aliphatic heterocycles. The molecule has 8 bridgehead atoms. The third kappa shape index (κ3) is 8.79. The van der Waals surface area contributed by atoms with Crippen LogP contribution >= 0.6 is 0 Å². The molecule has 0 saturated carbocycles. The van der Waals surface area contributed by atoms with Gasteiger partial charge in [-0.25, -0.2) is 0 Å². The first-order chi connectivity index (χ1) is 24.6.